The Labute approximate surface area is 530 Å². The van der Waals surface area contributed by atoms with E-state index in [0.29, 0.717) is 25.7 Å². The second-order valence-corrected chi connectivity index (χ2v) is 27.5. The van der Waals surface area contributed by atoms with E-state index in [2.05, 4.69) is 27.7 Å². The lowest BCUT2D eigenvalue weighted by atomic mass is 10.0. The predicted molar refractivity (Wildman–Crippen MR) is 349 cm³/mol. The number of esters is 4. The molecule has 0 aromatic heterocycles. The highest BCUT2D eigenvalue weighted by atomic mass is 31.2. The summed E-state index contributed by atoms with van der Waals surface area (Å²) in [5.74, 6) is -2.13. The SMILES string of the molecule is CCCCCCCCCCCCCCCCCC(=O)OC[C@H](COP(=O)(O)OC[C@@H](O)COP(=O)(O)OC[C@@H](COC(=O)CCCCCCCCC)OC(=O)CCCCCCCCCCCCCCCCC)OC(=O)CCCCCCCCCCCC. The van der Waals surface area contributed by atoms with E-state index in [4.69, 9.17) is 37.0 Å². The summed E-state index contributed by atoms with van der Waals surface area (Å²) >= 11 is 0. The lowest BCUT2D eigenvalue weighted by Gasteiger charge is -2.21. The van der Waals surface area contributed by atoms with Gasteiger partial charge in [-0.2, -0.15) is 0 Å². The molecule has 0 saturated carbocycles. The van der Waals surface area contributed by atoms with E-state index in [1.165, 1.54) is 173 Å². The Morgan fingerprint density at radius 2 is 0.460 bits per heavy atom. The molecule has 0 aliphatic heterocycles. The third-order valence-electron chi connectivity index (χ3n) is 15.9. The van der Waals surface area contributed by atoms with Crippen LogP contribution < -0.4 is 0 Å². The number of phosphoric acid groups is 2. The largest absolute Gasteiger partial charge is 0.472 e. The minimum absolute atomic E-state index is 0.107. The molecule has 0 amide bonds. The summed E-state index contributed by atoms with van der Waals surface area (Å²) in [7, 11) is -9.89. The van der Waals surface area contributed by atoms with E-state index in [9.17, 15) is 43.2 Å². The quantitative estimate of drug-likeness (QED) is 0.0222. The Morgan fingerprint density at radius 1 is 0.276 bits per heavy atom. The predicted octanol–water partition coefficient (Wildman–Crippen LogP) is 19.5. The van der Waals surface area contributed by atoms with Gasteiger partial charge in [0.15, 0.2) is 12.2 Å². The molecule has 0 bridgehead atoms. The number of phosphoric ester groups is 2. The minimum Gasteiger partial charge on any atom is -0.462 e. The molecule has 0 saturated heterocycles. The molecule has 0 spiro atoms. The highest BCUT2D eigenvalue weighted by molar-refractivity contribution is 7.47. The molecule has 0 aliphatic rings. The van der Waals surface area contributed by atoms with Crippen LogP contribution in [-0.4, -0.2) is 96.7 Å². The van der Waals surface area contributed by atoms with E-state index in [1.807, 2.05) is 0 Å². The third-order valence-corrected chi connectivity index (χ3v) is 17.8. The maximum absolute atomic E-state index is 13.0. The Balaban J connectivity index is 5.16. The number of aliphatic hydroxyl groups is 1. The molecular formula is C68H132O17P2. The molecular weight excluding hydrogens is 1150 g/mol. The zero-order valence-electron chi connectivity index (χ0n) is 56.0. The molecule has 516 valence electrons. The van der Waals surface area contributed by atoms with Gasteiger partial charge in [-0.25, -0.2) is 9.13 Å². The van der Waals surface area contributed by atoms with Crippen LogP contribution in [0.4, 0.5) is 0 Å². The third kappa shape index (κ3) is 62.6. The van der Waals surface area contributed by atoms with Crippen molar-refractivity contribution in [1.82, 2.24) is 0 Å². The fraction of sp³-hybridized carbons (Fsp3) is 0.941. The van der Waals surface area contributed by atoms with Crippen LogP contribution in [0.2, 0.25) is 0 Å². The first kappa shape index (κ1) is 85.1. The summed E-state index contributed by atoms with van der Waals surface area (Å²) in [6.45, 7) is 4.89. The van der Waals surface area contributed by atoms with Crippen LogP contribution in [0.1, 0.15) is 355 Å². The fourth-order valence-corrected chi connectivity index (χ4v) is 11.9. The number of rotatable bonds is 69. The van der Waals surface area contributed by atoms with Crippen molar-refractivity contribution in [3.8, 4) is 0 Å². The zero-order valence-corrected chi connectivity index (χ0v) is 57.8. The summed E-state index contributed by atoms with van der Waals surface area (Å²) in [5.41, 5.74) is 0. The summed E-state index contributed by atoms with van der Waals surface area (Å²) < 4.78 is 68.1. The number of ether oxygens (including phenoxy) is 4. The van der Waals surface area contributed by atoms with Crippen molar-refractivity contribution in [3.63, 3.8) is 0 Å². The molecule has 0 fully saturated rings. The van der Waals surface area contributed by atoms with Gasteiger partial charge < -0.3 is 33.8 Å². The number of carbonyl (C=O) groups is 4. The van der Waals surface area contributed by atoms with Gasteiger partial charge in [-0.15, -0.1) is 0 Å². The molecule has 0 aliphatic carbocycles. The van der Waals surface area contributed by atoms with Gasteiger partial charge in [0.1, 0.15) is 19.3 Å². The molecule has 87 heavy (non-hydrogen) atoms. The maximum Gasteiger partial charge on any atom is 0.472 e. The monoisotopic (exact) mass is 1280 g/mol. The highest BCUT2D eigenvalue weighted by Gasteiger charge is 2.30. The molecule has 0 heterocycles. The van der Waals surface area contributed by atoms with E-state index >= 15 is 0 Å². The minimum atomic E-state index is -4.94. The fourth-order valence-electron chi connectivity index (χ4n) is 10.3. The van der Waals surface area contributed by atoms with E-state index in [-0.39, 0.29) is 25.7 Å². The zero-order chi connectivity index (χ0) is 64.0. The number of hydrogen-bond donors (Lipinski definition) is 3. The van der Waals surface area contributed by atoms with Crippen LogP contribution in [0.25, 0.3) is 0 Å². The Hall–Kier alpha value is -1.94. The van der Waals surface area contributed by atoms with Gasteiger partial charge in [-0.3, -0.25) is 37.3 Å². The second kappa shape index (κ2) is 62.8. The molecule has 5 atom stereocenters. The maximum atomic E-state index is 13.0. The first-order chi connectivity index (χ1) is 42.2. The second-order valence-electron chi connectivity index (χ2n) is 24.6. The van der Waals surface area contributed by atoms with Crippen molar-refractivity contribution < 1.29 is 80.2 Å². The topological polar surface area (TPSA) is 237 Å². The first-order valence-corrected chi connectivity index (χ1v) is 38.8. The van der Waals surface area contributed by atoms with Crippen molar-refractivity contribution in [2.45, 2.75) is 373 Å². The van der Waals surface area contributed by atoms with Crippen molar-refractivity contribution in [1.29, 1.82) is 0 Å². The Bertz CT molecular complexity index is 1670. The molecule has 2 unspecified atom stereocenters. The van der Waals surface area contributed by atoms with Gasteiger partial charge >= 0.3 is 39.5 Å². The lowest BCUT2D eigenvalue weighted by Crippen LogP contribution is -2.30. The van der Waals surface area contributed by atoms with Crippen LogP contribution in [0.15, 0.2) is 0 Å². The van der Waals surface area contributed by atoms with Crippen molar-refractivity contribution in [2.24, 2.45) is 0 Å². The molecule has 0 aromatic rings. The van der Waals surface area contributed by atoms with Crippen LogP contribution in [-0.2, 0) is 65.4 Å². The number of carbonyl (C=O) groups excluding carboxylic acids is 4. The van der Waals surface area contributed by atoms with Gasteiger partial charge in [-0.05, 0) is 25.7 Å². The molecule has 3 N–H and O–H groups in total. The smallest absolute Gasteiger partial charge is 0.462 e. The van der Waals surface area contributed by atoms with Gasteiger partial charge in [-0.1, -0.05) is 304 Å². The van der Waals surface area contributed by atoms with Crippen LogP contribution in [0.5, 0.6) is 0 Å². The standard InChI is InChI=1S/C68H132O17P2/c1-5-9-13-17-21-24-27-29-31-33-35-38-41-45-49-53-66(71)79-59-64(85-67(72)54-50-46-42-37-26-23-19-15-11-7-3)61-83-87(76,77)81-57-62(69)56-80-86(74,75)82-60-63(58-78-65(70)52-48-44-40-20-16-12-8-4)84-68(73)55-51-47-43-39-36-34-32-30-28-25-22-18-14-10-6-2/h62-64,69H,5-61H2,1-4H3,(H,74,75)(H,76,77)/t62-,63+,64+/m0/s1. The summed E-state index contributed by atoms with van der Waals surface area (Å²) in [6, 6.07) is 0. The van der Waals surface area contributed by atoms with Gasteiger partial charge in [0, 0.05) is 25.7 Å². The number of unbranched alkanes of at least 4 members (excludes halogenated alkanes) is 43. The highest BCUT2D eigenvalue weighted by Crippen LogP contribution is 2.45. The average Bonchev–Trinajstić information content (AvgIpc) is 3.56. The molecule has 0 radical (unpaired) electrons. The van der Waals surface area contributed by atoms with Crippen LogP contribution in [0.3, 0.4) is 0 Å². The average molecular weight is 1280 g/mol. The summed E-state index contributed by atoms with van der Waals surface area (Å²) in [5, 5.41) is 10.6. The van der Waals surface area contributed by atoms with Crippen LogP contribution >= 0.6 is 15.6 Å². The molecule has 0 aromatic carbocycles. The first-order valence-electron chi connectivity index (χ1n) is 35.8. The Morgan fingerprint density at radius 3 is 0.678 bits per heavy atom. The van der Waals surface area contributed by atoms with Gasteiger partial charge in [0.05, 0.1) is 26.4 Å². The van der Waals surface area contributed by atoms with Crippen LogP contribution in [0, 0.1) is 0 Å². The van der Waals surface area contributed by atoms with Crippen molar-refractivity contribution in [3.05, 3.63) is 0 Å². The van der Waals surface area contributed by atoms with Crippen molar-refractivity contribution >= 4 is 39.5 Å². The van der Waals surface area contributed by atoms with Gasteiger partial charge in [0.2, 0.25) is 0 Å². The summed E-state index contributed by atoms with van der Waals surface area (Å²) in [6.07, 6.45) is 50.0. The van der Waals surface area contributed by atoms with E-state index in [1.54, 1.807) is 0 Å². The molecule has 0 rings (SSSR count). The van der Waals surface area contributed by atoms with E-state index < -0.39 is 97.5 Å². The van der Waals surface area contributed by atoms with E-state index in [0.717, 1.165) is 103 Å². The summed E-state index contributed by atoms with van der Waals surface area (Å²) in [4.78, 5) is 72.3. The molecule has 19 heteroatoms. The normalized spacial score (nSPS) is 14.1. The number of aliphatic hydroxyl groups excluding tert-OH is 1. The lowest BCUT2D eigenvalue weighted by molar-refractivity contribution is -0.161. The van der Waals surface area contributed by atoms with Gasteiger partial charge in [0.25, 0.3) is 0 Å². The Kier molecular flexibility index (Phi) is 61.4. The number of hydrogen-bond acceptors (Lipinski definition) is 15. The molecule has 17 nitrogen and oxygen atoms in total. The van der Waals surface area contributed by atoms with Crippen molar-refractivity contribution in [2.75, 3.05) is 39.6 Å².